The van der Waals surface area contributed by atoms with Crippen LogP contribution in [0.5, 0.6) is 0 Å². The number of benzene rings is 1. The average molecular weight is 275 g/mol. The number of aliphatic carboxylic acids is 1. The molecule has 0 aliphatic rings. The molecule has 0 aliphatic carbocycles. The van der Waals surface area contributed by atoms with Crippen LogP contribution in [0.3, 0.4) is 0 Å². The molecule has 4 nitrogen and oxygen atoms in total. The first-order valence-electron chi connectivity index (χ1n) is 7.09. The first-order valence-corrected chi connectivity index (χ1v) is 7.09. The van der Waals surface area contributed by atoms with Crippen LogP contribution in [0.2, 0.25) is 0 Å². The molecule has 108 valence electrons. The summed E-state index contributed by atoms with van der Waals surface area (Å²) in [5.41, 5.74) is 0.830. The summed E-state index contributed by atoms with van der Waals surface area (Å²) in [6.45, 7) is 3.99. The van der Waals surface area contributed by atoms with E-state index in [0.29, 0.717) is 6.42 Å². The highest BCUT2D eigenvalue weighted by Gasteiger charge is 2.21. The summed E-state index contributed by atoms with van der Waals surface area (Å²) >= 11 is 0. The molecule has 0 saturated heterocycles. The highest BCUT2D eigenvalue weighted by Crippen LogP contribution is 2.24. The summed E-state index contributed by atoms with van der Waals surface area (Å²) in [4.78, 5) is 11.3. The summed E-state index contributed by atoms with van der Waals surface area (Å²) < 4.78 is 5.76. The highest BCUT2D eigenvalue weighted by atomic mass is 16.4. The van der Waals surface area contributed by atoms with Crippen LogP contribution in [0.4, 0.5) is 0 Å². The largest absolute Gasteiger partial charge is 0.480 e. The van der Waals surface area contributed by atoms with Gasteiger partial charge in [0.05, 0.1) is 6.04 Å². The van der Waals surface area contributed by atoms with Gasteiger partial charge >= 0.3 is 5.97 Å². The Kier molecular flexibility index (Phi) is 4.79. The normalized spacial score (nSPS) is 14.3. The summed E-state index contributed by atoms with van der Waals surface area (Å²) in [5, 5.41) is 13.4. The molecule has 0 aliphatic heterocycles. The Balaban J connectivity index is 2.09. The van der Waals surface area contributed by atoms with Crippen molar-refractivity contribution >= 4 is 16.9 Å². The summed E-state index contributed by atoms with van der Waals surface area (Å²) in [5.74, 6) is -0.0321. The van der Waals surface area contributed by atoms with Crippen LogP contribution in [-0.2, 0) is 4.79 Å². The molecule has 20 heavy (non-hydrogen) atoms. The van der Waals surface area contributed by atoms with Crippen molar-refractivity contribution in [3.63, 3.8) is 0 Å². The molecule has 1 heterocycles. The maximum Gasteiger partial charge on any atom is 0.320 e. The number of para-hydroxylation sites is 1. The van der Waals surface area contributed by atoms with Gasteiger partial charge < -0.3 is 9.52 Å². The molecule has 2 N–H and O–H groups in total. The lowest BCUT2D eigenvalue weighted by molar-refractivity contribution is -0.139. The van der Waals surface area contributed by atoms with Crippen LogP contribution in [0.25, 0.3) is 11.0 Å². The Morgan fingerprint density at radius 2 is 2.15 bits per heavy atom. The molecule has 0 saturated carbocycles. The zero-order valence-electron chi connectivity index (χ0n) is 11.9. The second-order valence-corrected chi connectivity index (χ2v) is 5.11. The van der Waals surface area contributed by atoms with Crippen molar-refractivity contribution in [3.05, 3.63) is 36.1 Å². The second kappa shape index (κ2) is 6.57. The number of furan rings is 1. The third kappa shape index (κ3) is 3.39. The summed E-state index contributed by atoms with van der Waals surface area (Å²) in [6, 6.07) is 9.10. The zero-order chi connectivity index (χ0) is 14.5. The van der Waals surface area contributed by atoms with Crippen LogP contribution < -0.4 is 5.32 Å². The van der Waals surface area contributed by atoms with Gasteiger partial charge in [-0.2, -0.15) is 0 Å². The topological polar surface area (TPSA) is 62.5 Å². The maximum atomic E-state index is 11.3. The van der Waals surface area contributed by atoms with Gasteiger partial charge in [0.25, 0.3) is 0 Å². The number of carbonyl (C=O) groups is 1. The molecule has 0 radical (unpaired) electrons. The maximum absolute atomic E-state index is 11.3. The van der Waals surface area contributed by atoms with E-state index < -0.39 is 12.0 Å². The molecular formula is C16H21NO3. The molecule has 0 spiro atoms. The van der Waals surface area contributed by atoms with Crippen molar-refractivity contribution in [2.75, 3.05) is 0 Å². The van der Waals surface area contributed by atoms with Gasteiger partial charge in [0.2, 0.25) is 0 Å². The number of unbranched alkanes of at least 4 members (excludes halogenated alkanes) is 1. The molecule has 1 unspecified atom stereocenters. The molecule has 2 rings (SSSR count). The van der Waals surface area contributed by atoms with Crippen molar-refractivity contribution in [1.29, 1.82) is 0 Å². The molecule has 0 bridgehead atoms. The minimum Gasteiger partial charge on any atom is -0.480 e. The number of carboxylic acids is 1. The van der Waals surface area contributed by atoms with E-state index in [2.05, 4.69) is 12.2 Å². The van der Waals surface area contributed by atoms with Gasteiger partial charge in [-0.05, 0) is 25.5 Å². The number of fused-ring (bicyclic) bond motifs is 1. The first-order chi connectivity index (χ1) is 9.61. The minimum atomic E-state index is -0.804. The number of rotatable bonds is 7. The third-order valence-electron chi connectivity index (χ3n) is 3.47. The van der Waals surface area contributed by atoms with Crippen molar-refractivity contribution in [3.8, 4) is 0 Å². The van der Waals surface area contributed by atoms with Gasteiger partial charge in [-0.3, -0.25) is 10.1 Å². The molecule has 1 aromatic heterocycles. The van der Waals surface area contributed by atoms with E-state index in [9.17, 15) is 9.90 Å². The molecule has 2 atom stereocenters. The zero-order valence-corrected chi connectivity index (χ0v) is 11.9. The molecule has 0 amide bonds. The lowest BCUT2D eigenvalue weighted by atomic mass is 10.1. The number of hydrogen-bond acceptors (Lipinski definition) is 3. The quantitative estimate of drug-likeness (QED) is 0.808. The number of hydrogen-bond donors (Lipinski definition) is 2. The number of carboxylic acid groups (broad SMARTS) is 1. The lowest BCUT2D eigenvalue weighted by Gasteiger charge is -2.18. The van der Waals surface area contributed by atoms with Gasteiger partial charge in [0.15, 0.2) is 0 Å². The summed E-state index contributed by atoms with van der Waals surface area (Å²) in [6.07, 6.45) is 2.53. The first kappa shape index (κ1) is 14.6. The van der Waals surface area contributed by atoms with Crippen LogP contribution in [0, 0.1) is 0 Å². The fraction of sp³-hybridized carbons (Fsp3) is 0.438. The Morgan fingerprint density at radius 3 is 2.80 bits per heavy atom. The smallest absolute Gasteiger partial charge is 0.320 e. The van der Waals surface area contributed by atoms with Crippen molar-refractivity contribution in [2.45, 2.75) is 45.2 Å². The monoisotopic (exact) mass is 275 g/mol. The predicted octanol–water partition coefficient (Wildman–Crippen LogP) is 3.73. The Hall–Kier alpha value is -1.81. The average Bonchev–Trinajstić information content (AvgIpc) is 2.86. The van der Waals surface area contributed by atoms with Crippen LogP contribution in [0.15, 0.2) is 34.7 Å². The van der Waals surface area contributed by atoms with Gasteiger partial charge in [-0.25, -0.2) is 0 Å². The van der Waals surface area contributed by atoms with Crippen LogP contribution in [-0.4, -0.2) is 17.1 Å². The highest BCUT2D eigenvalue weighted by molar-refractivity contribution is 5.78. The van der Waals surface area contributed by atoms with E-state index in [-0.39, 0.29) is 6.04 Å². The van der Waals surface area contributed by atoms with E-state index in [1.807, 2.05) is 37.3 Å². The Labute approximate surface area is 118 Å². The van der Waals surface area contributed by atoms with Crippen LogP contribution in [0.1, 0.15) is 44.9 Å². The van der Waals surface area contributed by atoms with Gasteiger partial charge in [-0.15, -0.1) is 0 Å². The van der Waals surface area contributed by atoms with E-state index >= 15 is 0 Å². The molecule has 0 fully saturated rings. The Morgan fingerprint density at radius 1 is 1.40 bits per heavy atom. The predicted molar refractivity (Wildman–Crippen MR) is 78.7 cm³/mol. The number of nitrogens with one attached hydrogen (secondary N) is 1. The lowest BCUT2D eigenvalue weighted by Crippen LogP contribution is -2.38. The van der Waals surface area contributed by atoms with Crippen molar-refractivity contribution < 1.29 is 14.3 Å². The van der Waals surface area contributed by atoms with Crippen LogP contribution >= 0.6 is 0 Å². The minimum absolute atomic E-state index is 0.125. The van der Waals surface area contributed by atoms with Crippen molar-refractivity contribution in [2.24, 2.45) is 0 Å². The van der Waals surface area contributed by atoms with Gasteiger partial charge in [-0.1, -0.05) is 38.0 Å². The Bertz CT molecular complexity index is 543. The van der Waals surface area contributed by atoms with E-state index in [1.54, 1.807) is 0 Å². The molecule has 4 heteroatoms. The molecule has 1 aromatic carbocycles. The van der Waals surface area contributed by atoms with Crippen molar-refractivity contribution in [1.82, 2.24) is 5.32 Å². The molecular weight excluding hydrogens is 254 g/mol. The van der Waals surface area contributed by atoms with E-state index in [1.165, 1.54) is 0 Å². The fourth-order valence-corrected chi connectivity index (χ4v) is 2.29. The van der Waals surface area contributed by atoms with Gasteiger partial charge in [0.1, 0.15) is 17.4 Å². The molecule has 2 aromatic rings. The summed E-state index contributed by atoms with van der Waals surface area (Å²) in [7, 11) is 0. The SMILES string of the molecule is CCCC[C@H](NC(C)c1cc2ccccc2o1)C(=O)O. The van der Waals surface area contributed by atoms with E-state index in [0.717, 1.165) is 29.6 Å². The van der Waals surface area contributed by atoms with Gasteiger partial charge in [0, 0.05) is 5.39 Å². The second-order valence-electron chi connectivity index (χ2n) is 5.11. The third-order valence-corrected chi connectivity index (χ3v) is 3.47. The van der Waals surface area contributed by atoms with E-state index in [4.69, 9.17) is 4.42 Å². The fourth-order valence-electron chi connectivity index (χ4n) is 2.29. The standard InChI is InChI=1S/C16H21NO3/c1-3-4-8-13(16(18)19)17-11(2)15-10-12-7-5-6-9-14(12)20-15/h5-7,9-11,13,17H,3-4,8H2,1-2H3,(H,18,19)/t11?,13-/m0/s1.